The molecule has 1 aliphatic rings. The first-order valence-corrected chi connectivity index (χ1v) is 9.37. The maximum atomic E-state index is 13.0. The second kappa shape index (κ2) is 7.96. The van der Waals surface area contributed by atoms with Gasteiger partial charge in [0.1, 0.15) is 12.6 Å². The average molecular weight is 408 g/mol. The van der Waals surface area contributed by atoms with Crippen LogP contribution in [0.2, 0.25) is 0 Å². The van der Waals surface area contributed by atoms with Gasteiger partial charge in [-0.05, 0) is 25.1 Å². The summed E-state index contributed by atoms with van der Waals surface area (Å²) in [5, 5.41) is 14.9. The van der Waals surface area contributed by atoms with Crippen molar-refractivity contribution in [3.05, 3.63) is 75.5 Å². The minimum absolute atomic E-state index is 0.0766. The zero-order valence-electron chi connectivity index (χ0n) is 16.5. The first-order chi connectivity index (χ1) is 14.5. The number of anilines is 1. The van der Waals surface area contributed by atoms with Gasteiger partial charge in [0, 0.05) is 18.9 Å². The SMILES string of the molecule is COCCOC(=O)C1=C(C)Nc2nc3ccccc3n2[C@H]1c1ccccc1[N+](=O)[O-]. The molecule has 30 heavy (non-hydrogen) atoms. The smallest absolute Gasteiger partial charge is 0.338 e. The highest BCUT2D eigenvalue weighted by molar-refractivity contribution is 5.94. The van der Waals surface area contributed by atoms with E-state index in [-0.39, 0.29) is 24.5 Å². The lowest BCUT2D eigenvalue weighted by atomic mass is 9.93. The Hall–Kier alpha value is -3.72. The number of nitro groups is 1. The minimum Gasteiger partial charge on any atom is -0.460 e. The summed E-state index contributed by atoms with van der Waals surface area (Å²) in [6, 6.07) is 13.1. The highest BCUT2D eigenvalue weighted by Crippen LogP contribution is 2.42. The Morgan fingerprint density at radius 2 is 1.93 bits per heavy atom. The fraction of sp³-hybridized carbons (Fsp3) is 0.238. The molecule has 2 aromatic carbocycles. The zero-order chi connectivity index (χ0) is 21.3. The quantitative estimate of drug-likeness (QED) is 0.288. The number of methoxy groups -OCH3 is 1. The van der Waals surface area contributed by atoms with Gasteiger partial charge in [-0.25, -0.2) is 9.78 Å². The van der Waals surface area contributed by atoms with Gasteiger partial charge in [-0.3, -0.25) is 14.7 Å². The molecular formula is C21H20N4O5. The van der Waals surface area contributed by atoms with Gasteiger partial charge in [0.2, 0.25) is 5.95 Å². The molecule has 0 fully saturated rings. The number of allylic oxidation sites excluding steroid dienone is 1. The summed E-state index contributed by atoms with van der Waals surface area (Å²) in [6.45, 7) is 2.06. The van der Waals surface area contributed by atoms with Gasteiger partial charge in [-0.15, -0.1) is 0 Å². The molecular weight excluding hydrogens is 388 g/mol. The highest BCUT2D eigenvalue weighted by atomic mass is 16.6. The molecule has 0 radical (unpaired) electrons. The van der Waals surface area contributed by atoms with Crippen LogP contribution >= 0.6 is 0 Å². The lowest BCUT2D eigenvalue weighted by molar-refractivity contribution is -0.385. The van der Waals surface area contributed by atoms with E-state index in [0.29, 0.717) is 22.7 Å². The van der Waals surface area contributed by atoms with Crippen LogP contribution in [0.5, 0.6) is 0 Å². The van der Waals surface area contributed by atoms with Crippen molar-refractivity contribution in [2.24, 2.45) is 0 Å². The molecule has 0 aliphatic carbocycles. The first kappa shape index (κ1) is 19.6. The summed E-state index contributed by atoms with van der Waals surface area (Å²) in [7, 11) is 1.51. The molecule has 4 rings (SSSR count). The van der Waals surface area contributed by atoms with Crippen molar-refractivity contribution in [1.29, 1.82) is 0 Å². The Labute approximate surface area is 172 Å². The first-order valence-electron chi connectivity index (χ1n) is 9.37. The Morgan fingerprint density at radius 3 is 2.70 bits per heavy atom. The summed E-state index contributed by atoms with van der Waals surface area (Å²) in [5.41, 5.74) is 2.58. The number of nitrogens with one attached hydrogen (secondary N) is 1. The summed E-state index contributed by atoms with van der Waals surface area (Å²) >= 11 is 0. The lowest BCUT2D eigenvalue weighted by Gasteiger charge is -2.30. The molecule has 9 heteroatoms. The topological polar surface area (TPSA) is 109 Å². The predicted molar refractivity (Wildman–Crippen MR) is 110 cm³/mol. The molecule has 1 aromatic heterocycles. The van der Waals surface area contributed by atoms with Crippen molar-refractivity contribution in [3.8, 4) is 0 Å². The summed E-state index contributed by atoms with van der Waals surface area (Å²) in [4.78, 5) is 29.0. The van der Waals surface area contributed by atoms with Crippen molar-refractivity contribution < 1.29 is 19.2 Å². The molecule has 0 saturated carbocycles. The van der Waals surface area contributed by atoms with E-state index in [1.54, 1.807) is 29.7 Å². The number of benzene rings is 2. The largest absolute Gasteiger partial charge is 0.460 e. The fourth-order valence-electron chi connectivity index (χ4n) is 3.70. The van der Waals surface area contributed by atoms with E-state index in [0.717, 1.165) is 5.52 Å². The van der Waals surface area contributed by atoms with Crippen LogP contribution in [0.25, 0.3) is 11.0 Å². The van der Waals surface area contributed by atoms with Gasteiger partial charge >= 0.3 is 5.97 Å². The van der Waals surface area contributed by atoms with Gasteiger partial charge in [-0.1, -0.05) is 24.3 Å². The maximum absolute atomic E-state index is 13.0. The van der Waals surface area contributed by atoms with Gasteiger partial charge in [-0.2, -0.15) is 0 Å². The van der Waals surface area contributed by atoms with Gasteiger partial charge in [0.25, 0.3) is 5.69 Å². The summed E-state index contributed by atoms with van der Waals surface area (Å²) < 4.78 is 12.1. The molecule has 0 unspecified atom stereocenters. The number of hydrogen-bond donors (Lipinski definition) is 1. The molecule has 2 heterocycles. The van der Waals surface area contributed by atoms with E-state index in [1.165, 1.54) is 13.2 Å². The summed E-state index contributed by atoms with van der Waals surface area (Å²) in [6.07, 6.45) is 0. The number of nitrogens with zero attached hydrogens (tertiary/aromatic N) is 3. The number of rotatable bonds is 6. The van der Waals surface area contributed by atoms with E-state index < -0.39 is 16.9 Å². The van der Waals surface area contributed by atoms with E-state index in [2.05, 4.69) is 10.3 Å². The van der Waals surface area contributed by atoms with Gasteiger partial charge < -0.3 is 14.8 Å². The third-order valence-corrected chi connectivity index (χ3v) is 5.00. The normalized spacial score (nSPS) is 15.6. The molecule has 3 aromatic rings. The number of carbonyl (C=O) groups is 1. The van der Waals surface area contributed by atoms with Crippen LogP contribution in [0.1, 0.15) is 18.5 Å². The molecule has 1 atom stereocenters. The fourth-order valence-corrected chi connectivity index (χ4v) is 3.70. The number of fused-ring (bicyclic) bond motifs is 3. The minimum atomic E-state index is -0.773. The molecule has 0 amide bonds. The average Bonchev–Trinajstić information content (AvgIpc) is 3.10. The number of hydrogen-bond acceptors (Lipinski definition) is 7. The van der Waals surface area contributed by atoms with Crippen LogP contribution < -0.4 is 5.32 Å². The van der Waals surface area contributed by atoms with Crippen LogP contribution in [-0.2, 0) is 14.3 Å². The number of nitro benzene ring substituents is 1. The lowest BCUT2D eigenvalue weighted by Crippen LogP contribution is -2.29. The number of ether oxygens (including phenoxy) is 2. The summed E-state index contributed by atoms with van der Waals surface area (Å²) in [5.74, 6) is -0.0612. The molecule has 0 bridgehead atoms. The van der Waals surface area contributed by atoms with Gasteiger partial charge in [0.15, 0.2) is 0 Å². The monoisotopic (exact) mass is 408 g/mol. The molecule has 154 valence electrons. The van der Waals surface area contributed by atoms with E-state index in [4.69, 9.17) is 9.47 Å². The van der Waals surface area contributed by atoms with E-state index in [9.17, 15) is 14.9 Å². The number of carbonyl (C=O) groups excluding carboxylic acids is 1. The number of para-hydroxylation sites is 3. The highest BCUT2D eigenvalue weighted by Gasteiger charge is 2.38. The van der Waals surface area contributed by atoms with Crippen LogP contribution in [0.4, 0.5) is 11.6 Å². The second-order valence-corrected chi connectivity index (χ2v) is 6.80. The van der Waals surface area contributed by atoms with Crippen molar-refractivity contribution in [3.63, 3.8) is 0 Å². The second-order valence-electron chi connectivity index (χ2n) is 6.80. The van der Waals surface area contributed by atoms with Crippen LogP contribution in [0.3, 0.4) is 0 Å². The number of esters is 1. The Morgan fingerprint density at radius 1 is 1.20 bits per heavy atom. The number of aromatic nitrogens is 2. The molecule has 1 aliphatic heterocycles. The Kier molecular flexibility index (Phi) is 5.20. The van der Waals surface area contributed by atoms with Gasteiger partial charge in [0.05, 0.1) is 33.7 Å². The predicted octanol–water partition coefficient (Wildman–Crippen LogP) is 3.42. The standard InChI is InChI=1S/C21H20N4O5/c1-13-18(20(26)30-12-11-29-2)19(14-7-3-5-9-16(14)25(27)28)24-17-10-6-4-8-15(17)23-21(24)22-13/h3-10,19H,11-12H2,1-2H3,(H,22,23)/t19-/m0/s1. The van der Waals surface area contributed by atoms with Crippen molar-refractivity contribution >= 4 is 28.6 Å². The van der Waals surface area contributed by atoms with E-state index >= 15 is 0 Å². The van der Waals surface area contributed by atoms with Crippen molar-refractivity contribution in [1.82, 2.24) is 9.55 Å². The van der Waals surface area contributed by atoms with Crippen molar-refractivity contribution in [2.45, 2.75) is 13.0 Å². The molecule has 0 saturated heterocycles. The van der Waals surface area contributed by atoms with E-state index in [1.807, 2.05) is 24.3 Å². The third kappa shape index (κ3) is 3.29. The Balaban J connectivity index is 1.94. The molecule has 0 spiro atoms. The maximum Gasteiger partial charge on any atom is 0.338 e. The number of imidazole rings is 1. The van der Waals surface area contributed by atoms with Crippen LogP contribution in [0.15, 0.2) is 59.8 Å². The third-order valence-electron chi connectivity index (χ3n) is 5.00. The Bertz CT molecular complexity index is 1170. The zero-order valence-corrected chi connectivity index (χ0v) is 16.5. The van der Waals surface area contributed by atoms with Crippen molar-refractivity contribution in [2.75, 3.05) is 25.6 Å². The van der Waals surface area contributed by atoms with Crippen LogP contribution in [0, 0.1) is 10.1 Å². The van der Waals surface area contributed by atoms with Crippen LogP contribution in [-0.4, -0.2) is 40.8 Å². The molecule has 1 N–H and O–H groups in total. The molecule has 9 nitrogen and oxygen atoms in total.